The number of nitrogens with one attached hydrogen (secondary N) is 2. The van der Waals surface area contributed by atoms with E-state index in [-0.39, 0.29) is 17.6 Å². The second kappa shape index (κ2) is 9.54. The first-order valence-electron chi connectivity index (χ1n) is 9.55. The van der Waals surface area contributed by atoms with E-state index in [0.29, 0.717) is 22.1 Å². The van der Waals surface area contributed by atoms with Crippen LogP contribution >= 0.6 is 11.8 Å². The third-order valence-electron chi connectivity index (χ3n) is 4.67. The van der Waals surface area contributed by atoms with Crippen molar-refractivity contribution in [2.45, 2.75) is 32.9 Å². The van der Waals surface area contributed by atoms with Gasteiger partial charge in [-0.1, -0.05) is 36.0 Å². The Hall–Kier alpha value is -3.19. The summed E-state index contributed by atoms with van der Waals surface area (Å²) < 4.78 is 0. The van der Waals surface area contributed by atoms with Gasteiger partial charge in [-0.15, -0.1) is 0 Å². The zero-order valence-electron chi connectivity index (χ0n) is 17.4. The highest BCUT2D eigenvalue weighted by Crippen LogP contribution is 2.20. The summed E-state index contributed by atoms with van der Waals surface area (Å²) in [6.07, 6.45) is 0. The molecule has 7 heteroatoms. The number of hydrogen-bond acceptors (Lipinski definition) is 5. The predicted octanol–water partition coefficient (Wildman–Crippen LogP) is 4.69. The van der Waals surface area contributed by atoms with E-state index in [4.69, 9.17) is 0 Å². The molecular formula is C23H24N4O2S. The van der Waals surface area contributed by atoms with E-state index in [2.05, 4.69) is 20.6 Å². The molecule has 0 saturated heterocycles. The molecule has 3 rings (SSSR count). The van der Waals surface area contributed by atoms with Crippen LogP contribution in [0.1, 0.15) is 32.9 Å². The lowest BCUT2D eigenvalue weighted by atomic mass is 10.1. The van der Waals surface area contributed by atoms with Gasteiger partial charge >= 0.3 is 0 Å². The molecule has 0 saturated carbocycles. The summed E-state index contributed by atoms with van der Waals surface area (Å²) in [6, 6.07) is 14.5. The minimum Gasteiger partial charge on any atom is -0.325 e. The van der Waals surface area contributed by atoms with Crippen molar-refractivity contribution in [1.29, 1.82) is 0 Å². The normalized spacial score (nSPS) is 10.5. The number of carbonyl (C=O) groups excluding carboxylic acids is 2. The van der Waals surface area contributed by atoms with Crippen molar-refractivity contribution >= 4 is 35.0 Å². The molecular weight excluding hydrogens is 396 g/mol. The van der Waals surface area contributed by atoms with Gasteiger partial charge in [-0.3, -0.25) is 9.59 Å². The smallest absolute Gasteiger partial charge is 0.257 e. The molecule has 0 aliphatic rings. The summed E-state index contributed by atoms with van der Waals surface area (Å²) >= 11 is 1.27. The Morgan fingerprint density at radius 3 is 2.30 bits per heavy atom. The Kier molecular flexibility index (Phi) is 6.84. The number of thioether (sulfide) groups is 1. The number of aromatic nitrogens is 2. The van der Waals surface area contributed by atoms with E-state index in [1.807, 2.05) is 52.0 Å². The number of rotatable bonds is 6. The third kappa shape index (κ3) is 5.45. The number of para-hydroxylation sites is 1. The van der Waals surface area contributed by atoms with E-state index in [9.17, 15) is 9.59 Å². The summed E-state index contributed by atoms with van der Waals surface area (Å²) in [5.74, 6) is -0.358. The Morgan fingerprint density at radius 2 is 1.60 bits per heavy atom. The summed E-state index contributed by atoms with van der Waals surface area (Å²) in [5, 5.41) is 6.26. The second-order valence-corrected chi connectivity index (χ2v) is 7.95. The molecule has 0 unspecified atom stereocenters. The average molecular weight is 421 g/mol. The van der Waals surface area contributed by atoms with E-state index in [0.717, 1.165) is 22.5 Å². The highest BCUT2D eigenvalue weighted by atomic mass is 32.2. The van der Waals surface area contributed by atoms with Crippen molar-refractivity contribution in [3.8, 4) is 0 Å². The molecule has 1 aromatic heterocycles. The van der Waals surface area contributed by atoms with Gasteiger partial charge in [-0.05, 0) is 63.1 Å². The molecule has 154 valence electrons. The zero-order valence-corrected chi connectivity index (χ0v) is 18.3. The number of amides is 2. The lowest BCUT2D eigenvalue weighted by Crippen LogP contribution is -2.19. The lowest BCUT2D eigenvalue weighted by molar-refractivity contribution is -0.113. The van der Waals surface area contributed by atoms with Crippen molar-refractivity contribution in [1.82, 2.24) is 9.97 Å². The molecule has 0 bridgehead atoms. The fraction of sp³-hybridized carbons (Fsp3) is 0.217. The summed E-state index contributed by atoms with van der Waals surface area (Å²) in [6.45, 7) is 7.79. The molecule has 0 radical (unpaired) electrons. The predicted molar refractivity (Wildman–Crippen MR) is 121 cm³/mol. The van der Waals surface area contributed by atoms with Crippen LogP contribution in [0.3, 0.4) is 0 Å². The molecule has 0 spiro atoms. The van der Waals surface area contributed by atoms with Crippen LogP contribution < -0.4 is 10.6 Å². The summed E-state index contributed by atoms with van der Waals surface area (Å²) in [5.41, 5.74) is 5.49. The van der Waals surface area contributed by atoms with Gasteiger partial charge in [0.1, 0.15) is 0 Å². The fourth-order valence-electron chi connectivity index (χ4n) is 2.83. The van der Waals surface area contributed by atoms with E-state index in [1.54, 1.807) is 24.3 Å². The Bertz CT molecular complexity index is 1080. The summed E-state index contributed by atoms with van der Waals surface area (Å²) in [7, 11) is 0. The van der Waals surface area contributed by atoms with E-state index < -0.39 is 0 Å². The van der Waals surface area contributed by atoms with Crippen LogP contribution in [0.2, 0.25) is 0 Å². The average Bonchev–Trinajstić information content (AvgIpc) is 2.70. The first-order chi connectivity index (χ1) is 14.3. The molecule has 0 fully saturated rings. The van der Waals surface area contributed by atoms with Gasteiger partial charge in [0.05, 0.1) is 17.0 Å². The third-order valence-corrected chi connectivity index (χ3v) is 5.51. The first-order valence-corrected chi connectivity index (χ1v) is 10.5. The molecule has 0 aliphatic carbocycles. The maximum atomic E-state index is 12.7. The topological polar surface area (TPSA) is 84.0 Å². The Labute approximate surface area is 180 Å². The van der Waals surface area contributed by atoms with Crippen molar-refractivity contribution in [3.63, 3.8) is 0 Å². The minimum atomic E-state index is -0.280. The van der Waals surface area contributed by atoms with Gasteiger partial charge in [-0.25, -0.2) is 9.97 Å². The van der Waals surface area contributed by atoms with Gasteiger partial charge in [-0.2, -0.15) is 0 Å². The number of aryl methyl sites for hydroxylation is 3. The molecule has 3 aromatic rings. The van der Waals surface area contributed by atoms with Crippen LogP contribution in [0.4, 0.5) is 11.4 Å². The number of anilines is 2. The molecule has 2 amide bonds. The molecule has 30 heavy (non-hydrogen) atoms. The van der Waals surface area contributed by atoms with Gasteiger partial charge in [0.15, 0.2) is 5.16 Å². The quantitative estimate of drug-likeness (QED) is 0.446. The van der Waals surface area contributed by atoms with E-state index in [1.165, 1.54) is 11.8 Å². The lowest BCUT2D eigenvalue weighted by Gasteiger charge is -2.12. The maximum Gasteiger partial charge on any atom is 0.257 e. The maximum absolute atomic E-state index is 12.7. The monoisotopic (exact) mass is 420 g/mol. The standard InChI is InChI=1S/C23H24N4O2S/c1-14-8-7-9-18(12-14)26-22(29)19-10-5-6-11-20(19)27-21(28)13-30-23-24-16(3)15(2)17(4)25-23/h5-12H,13H2,1-4H3,(H,26,29)(H,27,28). The molecule has 0 aliphatic heterocycles. The van der Waals surface area contributed by atoms with Crippen LogP contribution in [0.5, 0.6) is 0 Å². The number of carbonyl (C=O) groups is 2. The van der Waals surface area contributed by atoms with Gasteiger partial charge in [0.2, 0.25) is 5.91 Å². The van der Waals surface area contributed by atoms with Crippen LogP contribution in [0.25, 0.3) is 0 Å². The number of hydrogen-bond donors (Lipinski definition) is 2. The zero-order chi connectivity index (χ0) is 21.7. The van der Waals surface area contributed by atoms with Gasteiger partial charge < -0.3 is 10.6 Å². The first kappa shape index (κ1) is 21.5. The second-order valence-electron chi connectivity index (χ2n) is 7.01. The van der Waals surface area contributed by atoms with Gasteiger partial charge in [0.25, 0.3) is 5.91 Å². The van der Waals surface area contributed by atoms with E-state index >= 15 is 0 Å². The number of nitrogens with zero attached hydrogens (tertiary/aromatic N) is 2. The van der Waals surface area contributed by atoms with Gasteiger partial charge in [0, 0.05) is 17.1 Å². The van der Waals surface area contributed by atoms with Crippen LogP contribution in [0, 0.1) is 27.7 Å². The highest BCUT2D eigenvalue weighted by Gasteiger charge is 2.14. The van der Waals surface area contributed by atoms with Crippen molar-refractivity contribution < 1.29 is 9.59 Å². The van der Waals surface area contributed by atoms with Crippen LogP contribution in [-0.2, 0) is 4.79 Å². The largest absolute Gasteiger partial charge is 0.325 e. The highest BCUT2D eigenvalue weighted by molar-refractivity contribution is 7.99. The molecule has 2 aromatic carbocycles. The fourth-order valence-corrected chi connectivity index (χ4v) is 3.57. The Balaban J connectivity index is 1.67. The summed E-state index contributed by atoms with van der Waals surface area (Å²) in [4.78, 5) is 34.0. The van der Waals surface area contributed by atoms with Crippen molar-refractivity contribution in [2.75, 3.05) is 16.4 Å². The molecule has 1 heterocycles. The number of benzene rings is 2. The Morgan fingerprint density at radius 1 is 0.900 bits per heavy atom. The molecule has 6 nitrogen and oxygen atoms in total. The molecule has 0 atom stereocenters. The molecule has 2 N–H and O–H groups in total. The van der Waals surface area contributed by atoms with Crippen LogP contribution in [-0.4, -0.2) is 27.5 Å². The SMILES string of the molecule is Cc1cccc(NC(=O)c2ccccc2NC(=O)CSc2nc(C)c(C)c(C)n2)c1. The van der Waals surface area contributed by atoms with Crippen molar-refractivity contribution in [2.24, 2.45) is 0 Å². The minimum absolute atomic E-state index is 0.149. The van der Waals surface area contributed by atoms with Crippen molar-refractivity contribution in [3.05, 3.63) is 76.6 Å². The van der Waals surface area contributed by atoms with Crippen LogP contribution in [0.15, 0.2) is 53.7 Å².